The van der Waals surface area contributed by atoms with E-state index >= 15 is 0 Å². The zero-order valence-electron chi connectivity index (χ0n) is 27.2. The van der Waals surface area contributed by atoms with E-state index in [0.29, 0.717) is 43.4 Å². The Morgan fingerprint density at radius 3 is 2.24 bits per heavy atom. The van der Waals surface area contributed by atoms with E-state index in [1.54, 1.807) is 35.5 Å². The highest BCUT2D eigenvalue weighted by Gasteiger charge is 2.25. The van der Waals surface area contributed by atoms with Gasteiger partial charge in [-0.25, -0.2) is 4.98 Å². The lowest BCUT2D eigenvalue weighted by Crippen LogP contribution is -2.49. The Morgan fingerprint density at radius 2 is 1.52 bits per heavy atom. The molecule has 3 aromatic carbocycles. The summed E-state index contributed by atoms with van der Waals surface area (Å²) in [4.78, 5) is 24.8. The molecule has 10 nitrogen and oxygen atoms in total. The van der Waals surface area contributed by atoms with Gasteiger partial charge in [0, 0.05) is 56.3 Å². The Kier molecular flexibility index (Phi) is 11.2. The molecular formula is C35H42N4O6S. The molecule has 0 unspecified atom stereocenters. The van der Waals surface area contributed by atoms with Crippen LogP contribution < -0.4 is 28.6 Å². The third-order valence-electron chi connectivity index (χ3n) is 8.18. The number of nitrogens with zero attached hydrogens (tertiary/aromatic N) is 4. The normalized spacial score (nSPS) is 13.1. The summed E-state index contributed by atoms with van der Waals surface area (Å²) in [5, 5.41) is 2.76. The number of para-hydroxylation sites is 2. The first-order valence-corrected chi connectivity index (χ1v) is 16.1. The molecule has 1 aliphatic heterocycles. The Labute approximate surface area is 275 Å². The number of hydrogen-bond donors (Lipinski definition) is 0. The van der Waals surface area contributed by atoms with Crippen molar-refractivity contribution in [1.82, 2.24) is 14.8 Å². The number of amides is 1. The highest BCUT2D eigenvalue weighted by Crippen LogP contribution is 2.30. The van der Waals surface area contributed by atoms with E-state index in [1.165, 1.54) is 11.3 Å². The number of thiazole rings is 1. The van der Waals surface area contributed by atoms with Crippen molar-refractivity contribution in [3.8, 4) is 28.7 Å². The standard InChI is InChI=1S/C35H42N4O6S/c1-41-27-12-11-26(32(21-27)44-4)22-37(15-14-25-10-13-31(43-3)33(20-25)45-5)23-34-36-28(24-46-34)35(40)39-18-16-38(17-19-39)29-8-6-7-9-30(29)42-2/h6-13,20-21,24H,14-19,22-23H2,1-5H3. The predicted molar refractivity (Wildman–Crippen MR) is 180 cm³/mol. The van der Waals surface area contributed by atoms with Crippen molar-refractivity contribution in [3.05, 3.63) is 87.9 Å². The molecule has 1 aromatic heterocycles. The van der Waals surface area contributed by atoms with E-state index in [1.807, 2.05) is 58.8 Å². The molecule has 0 spiro atoms. The lowest BCUT2D eigenvalue weighted by Gasteiger charge is -2.36. The van der Waals surface area contributed by atoms with E-state index in [-0.39, 0.29) is 5.91 Å². The van der Waals surface area contributed by atoms with Crippen LogP contribution in [-0.4, -0.2) is 89.0 Å². The SMILES string of the molecule is COc1ccc(CN(CCc2ccc(OC)c(OC)c2)Cc2nc(C(=O)N3CCN(c4ccccc4OC)CC3)cs2)c(OC)c1. The maximum absolute atomic E-state index is 13.5. The highest BCUT2D eigenvalue weighted by molar-refractivity contribution is 7.09. The lowest BCUT2D eigenvalue weighted by atomic mass is 10.1. The lowest BCUT2D eigenvalue weighted by molar-refractivity contribution is 0.0741. The molecule has 4 aromatic rings. The summed E-state index contributed by atoms with van der Waals surface area (Å²) in [6, 6.07) is 19.9. The van der Waals surface area contributed by atoms with Crippen LogP contribution in [0.5, 0.6) is 28.7 Å². The summed E-state index contributed by atoms with van der Waals surface area (Å²) in [7, 11) is 8.28. The molecule has 11 heteroatoms. The maximum Gasteiger partial charge on any atom is 0.273 e. The fraction of sp³-hybridized carbons (Fsp3) is 0.371. The van der Waals surface area contributed by atoms with Crippen LogP contribution in [-0.2, 0) is 19.5 Å². The molecule has 0 bridgehead atoms. The Balaban J connectivity index is 1.28. The second kappa shape index (κ2) is 15.7. The van der Waals surface area contributed by atoms with Crippen molar-refractivity contribution in [1.29, 1.82) is 0 Å². The topological polar surface area (TPSA) is 85.8 Å². The van der Waals surface area contributed by atoms with Gasteiger partial charge in [0.15, 0.2) is 11.5 Å². The number of piperazine rings is 1. The molecule has 5 rings (SSSR count). The molecule has 1 fully saturated rings. The average molecular weight is 647 g/mol. The minimum atomic E-state index is -0.0316. The third kappa shape index (κ3) is 7.83. The summed E-state index contributed by atoms with van der Waals surface area (Å²) in [6.07, 6.45) is 0.784. The monoisotopic (exact) mass is 646 g/mol. The van der Waals surface area contributed by atoms with Gasteiger partial charge in [0.25, 0.3) is 5.91 Å². The molecule has 0 saturated carbocycles. The zero-order chi connectivity index (χ0) is 32.5. The molecule has 244 valence electrons. The van der Waals surface area contributed by atoms with E-state index in [2.05, 4.69) is 21.9 Å². The van der Waals surface area contributed by atoms with Crippen LogP contribution >= 0.6 is 11.3 Å². The maximum atomic E-state index is 13.5. The van der Waals surface area contributed by atoms with Crippen molar-refractivity contribution >= 4 is 22.9 Å². The summed E-state index contributed by atoms with van der Waals surface area (Å²) in [6.45, 7) is 4.68. The Morgan fingerprint density at radius 1 is 0.783 bits per heavy atom. The van der Waals surface area contributed by atoms with Crippen molar-refractivity contribution in [3.63, 3.8) is 0 Å². The first-order chi connectivity index (χ1) is 22.5. The number of carbonyl (C=O) groups is 1. The molecule has 46 heavy (non-hydrogen) atoms. The van der Waals surface area contributed by atoms with E-state index in [9.17, 15) is 4.79 Å². The minimum Gasteiger partial charge on any atom is -0.497 e. The van der Waals surface area contributed by atoms with Crippen LogP contribution in [0.1, 0.15) is 26.6 Å². The fourth-order valence-electron chi connectivity index (χ4n) is 5.64. The summed E-state index contributed by atoms with van der Waals surface area (Å²) < 4.78 is 27.6. The molecular weight excluding hydrogens is 604 g/mol. The smallest absolute Gasteiger partial charge is 0.273 e. The number of carbonyl (C=O) groups excluding carboxylic acids is 1. The number of hydrogen-bond acceptors (Lipinski definition) is 10. The van der Waals surface area contributed by atoms with Crippen molar-refractivity contribution in [2.75, 3.05) is 73.2 Å². The van der Waals surface area contributed by atoms with E-state index in [4.69, 9.17) is 28.7 Å². The Bertz CT molecular complexity index is 1600. The predicted octanol–water partition coefficient (Wildman–Crippen LogP) is 5.39. The third-order valence-corrected chi connectivity index (χ3v) is 9.01. The number of rotatable bonds is 14. The van der Waals surface area contributed by atoms with Gasteiger partial charge < -0.3 is 33.5 Å². The number of methoxy groups -OCH3 is 5. The van der Waals surface area contributed by atoms with Gasteiger partial charge in [-0.05, 0) is 42.3 Å². The number of aromatic nitrogens is 1. The zero-order valence-corrected chi connectivity index (χ0v) is 28.0. The van der Waals surface area contributed by atoms with Crippen molar-refractivity contribution in [2.45, 2.75) is 19.5 Å². The molecule has 1 amide bonds. The minimum absolute atomic E-state index is 0.0316. The van der Waals surface area contributed by atoms with E-state index in [0.717, 1.165) is 65.1 Å². The number of benzene rings is 3. The Hall–Kier alpha value is -4.48. The van der Waals surface area contributed by atoms with Crippen LogP contribution in [0.15, 0.2) is 66.0 Å². The first kappa shape index (κ1) is 32.9. The molecule has 0 N–H and O–H groups in total. The second-order valence-electron chi connectivity index (χ2n) is 10.9. The van der Waals surface area contributed by atoms with Gasteiger partial charge in [-0.3, -0.25) is 9.69 Å². The molecule has 0 aliphatic carbocycles. The van der Waals surface area contributed by atoms with Gasteiger partial charge in [0.1, 0.15) is 28.0 Å². The van der Waals surface area contributed by atoms with Crippen molar-refractivity contribution in [2.24, 2.45) is 0 Å². The first-order valence-electron chi connectivity index (χ1n) is 15.2. The van der Waals surface area contributed by atoms with Crippen LogP contribution in [0, 0.1) is 0 Å². The molecule has 0 atom stereocenters. The van der Waals surface area contributed by atoms with Crippen LogP contribution in [0.25, 0.3) is 0 Å². The van der Waals surface area contributed by atoms with Gasteiger partial charge in [-0.15, -0.1) is 11.3 Å². The van der Waals surface area contributed by atoms with Gasteiger partial charge in [0.05, 0.1) is 47.8 Å². The largest absolute Gasteiger partial charge is 0.497 e. The highest BCUT2D eigenvalue weighted by atomic mass is 32.1. The summed E-state index contributed by atoms with van der Waals surface area (Å²) in [5.74, 6) is 3.72. The number of ether oxygens (including phenoxy) is 5. The quantitative estimate of drug-likeness (QED) is 0.179. The van der Waals surface area contributed by atoms with Gasteiger partial charge in [-0.1, -0.05) is 24.3 Å². The average Bonchev–Trinajstić information content (AvgIpc) is 3.58. The summed E-state index contributed by atoms with van der Waals surface area (Å²) >= 11 is 1.52. The molecule has 0 radical (unpaired) electrons. The second-order valence-corrected chi connectivity index (χ2v) is 11.8. The van der Waals surface area contributed by atoms with Gasteiger partial charge in [0.2, 0.25) is 0 Å². The molecule has 1 aliphatic rings. The van der Waals surface area contributed by atoms with Crippen LogP contribution in [0.2, 0.25) is 0 Å². The number of anilines is 1. The summed E-state index contributed by atoms with van der Waals surface area (Å²) in [5.41, 5.74) is 3.71. The van der Waals surface area contributed by atoms with E-state index < -0.39 is 0 Å². The van der Waals surface area contributed by atoms with Gasteiger partial charge in [-0.2, -0.15) is 0 Å². The molecule has 2 heterocycles. The van der Waals surface area contributed by atoms with Crippen molar-refractivity contribution < 1.29 is 28.5 Å². The fourth-order valence-corrected chi connectivity index (χ4v) is 6.45. The molecule has 1 saturated heterocycles. The van der Waals surface area contributed by atoms with Crippen LogP contribution in [0.4, 0.5) is 5.69 Å². The van der Waals surface area contributed by atoms with Crippen LogP contribution in [0.3, 0.4) is 0 Å². The van der Waals surface area contributed by atoms with Gasteiger partial charge >= 0.3 is 0 Å².